The van der Waals surface area contributed by atoms with Crippen molar-refractivity contribution in [2.45, 2.75) is 63.7 Å². The molecule has 0 amide bonds. The van der Waals surface area contributed by atoms with Gasteiger partial charge in [-0.25, -0.2) is 9.97 Å². The minimum Gasteiger partial charge on any atom is -0.369 e. The van der Waals surface area contributed by atoms with E-state index in [0.29, 0.717) is 48.3 Å². The van der Waals surface area contributed by atoms with Crippen molar-refractivity contribution in [3.63, 3.8) is 0 Å². The van der Waals surface area contributed by atoms with Crippen LogP contribution in [0.4, 0.5) is 19.0 Å². The number of alkyl halides is 3. The van der Waals surface area contributed by atoms with E-state index in [4.69, 9.17) is 21.6 Å². The van der Waals surface area contributed by atoms with Crippen molar-refractivity contribution in [3.8, 4) is 11.3 Å². The van der Waals surface area contributed by atoms with Gasteiger partial charge in [-0.05, 0) is 80.5 Å². The highest BCUT2D eigenvalue weighted by molar-refractivity contribution is 6.31. The molecule has 2 aliphatic rings. The summed E-state index contributed by atoms with van der Waals surface area (Å²) in [7, 11) is 0. The van der Waals surface area contributed by atoms with Gasteiger partial charge in [0, 0.05) is 34.8 Å². The van der Waals surface area contributed by atoms with Gasteiger partial charge in [0.05, 0.1) is 23.3 Å². The molecule has 6 rings (SSSR count). The Morgan fingerprint density at radius 1 is 0.951 bits per heavy atom. The zero-order valence-corrected chi connectivity index (χ0v) is 23.6. The molecule has 1 aliphatic carbocycles. The molecule has 4 aromatic rings. The molecule has 2 aromatic carbocycles. The SMILES string of the molecule is FC(F)(F)c1cccnc1-c1ccc2c(NCCc3ccccc3Cl)nc(CN3CCCC4CCCCC43)nc2c1. The van der Waals surface area contributed by atoms with E-state index in [1.54, 1.807) is 18.2 Å². The summed E-state index contributed by atoms with van der Waals surface area (Å²) in [6.07, 6.45) is 5.07. The average molecular weight is 580 g/mol. The molecular formula is C32H33ClF3N5. The monoisotopic (exact) mass is 579 g/mol. The van der Waals surface area contributed by atoms with Crippen molar-refractivity contribution in [1.82, 2.24) is 19.9 Å². The number of nitrogens with one attached hydrogen (secondary N) is 1. The Hall–Kier alpha value is -3.23. The summed E-state index contributed by atoms with van der Waals surface area (Å²) in [6.45, 7) is 2.24. The summed E-state index contributed by atoms with van der Waals surface area (Å²) in [5.41, 5.74) is 1.15. The molecule has 2 fully saturated rings. The normalized spacial score (nSPS) is 19.7. The molecular weight excluding hydrogens is 547 g/mol. The van der Waals surface area contributed by atoms with Gasteiger partial charge in [-0.1, -0.05) is 48.7 Å². The molecule has 0 radical (unpaired) electrons. The Balaban J connectivity index is 1.35. The lowest BCUT2D eigenvalue weighted by atomic mass is 9.78. The highest BCUT2D eigenvalue weighted by atomic mass is 35.5. The van der Waals surface area contributed by atoms with E-state index in [9.17, 15) is 13.2 Å². The summed E-state index contributed by atoms with van der Waals surface area (Å²) in [5, 5.41) is 4.95. The molecule has 9 heteroatoms. The Bertz CT molecular complexity index is 1520. The molecule has 1 aliphatic heterocycles. The number of aromatic nitrogens is 3. The molecule has 41 heavy (non-hydrogen) atoms. The average Bonchev–Trinajstić information content (AvgIpc) is 2.97. The number of fused-ring (bicyclic) bond motifs is 2. The maximum atomic E-state index is 13.8. The Morgan fingerprint density at radius 3 is 2.63 bits per heavy atom. The molecule has 0 spiro atoms. The molecule has 2 aromatic heterocycles. The van der Waals surface area contributed by atoms with Crippen LogP contribution in [-0.2, 0) is 19.1 Å². The maximum Gasteiger partial charge on any atom is 0.418 e. The first kappa shape index (κ1) is 27.9. The van der Waals surface area contributed by atoms with Gasteiger partial charge in [-0.15, -0.1) is 0 Å². The largest absolute Gasteiger partial charge is 0.418 e. The number of hydrogen-bond donors (Lipinski definition) is 1. The van der Waals surface area contributed by atoms with Crippen molar-refractivity contribution >= 4 is 28.3 Å². The first-order chi connectivity index (χ1) is 19.9. The molecule has 214 valence electrons. The number of anilines is 1. The number of benzene rings is 2. The summed E-state index contributed by atoms with van der Waals surface area (Å²) in [5.74, 6) is 2.08. The van der Waals surface area contributed by atoms with Crippen LogP contribution in [0.1, 0.15) is 55.5 Å². The summed E-state index contributed by atoms with van der Waals surface area (Å²) < 4.78 is 41.4. The maximum absolute atomic E-state index is 13.8. The number of likely N-dealkylation sites (tertiary alicyclic amines) is 1. The third kappa shape index (κ3) is 6.19. The van der Waals surface area contributed by atoms with E-state index in [0.717, 1.165) is 34.5 Å². The smallest absolute Gasteiger partial charge is 0.369 e. The summed E-state index contributed by atoms with van der Waals surface area (Å²) in [4.78, 5) is 16.5. The van der Waals surface area contributed by atoms with E-state index in [1.807, 2.05) is 24.3 Å². The van der Waals surface area contributed by atoms with Crippen LogP contribution in [0.25, 0.3) is 22.2 Å². The molecule has 1 N–H and O–H groups in total. The second kappa shape index (κ2) is 11.9. The molecule has 0 bridgehead atoms. The lowest BCUT2D eigenvalue weighted by Crippen LogP contribution is -2.46. The lowest BCUT2D eigenvalue weighted by molar-refractivity contribution is -0.137. The third-order valence-electron chi connectivity index (χ3n) is 8.48. The number of hydrogen-bond acceptors (Lipinski definition) is 5. The standard InChI is InChI=1S/C32H33ClF3N5/c33-26-11-3-1-7-21(26)15-17-38-31-24-14-13-23(30-25(32(34,35)36)10-5-16-37-30)19-27(24)39-29(40-31)20-41-18-6-9-22-8-2-4-12-28(22)41/h1,3,5,7,10-11,13-14,16,19,22,28H,2,4,6,8-9,12,15,17-18,20H2,(H,38,39,40). The minimum atomic E-state index is -4.51. The van der Waals surface area contributed by atoms with Gasteiger partial charge in [-0.3, -0.25) is 9.88 Å². The number of nitrogens with zero attached hydrogens (tertiary/aromatic N) is 4. The van der Waals surface area contributed by atoms with Crippen LogP contribution in [-0.4, -0.2) is 39.0 Å². The van der Waals surface area contributed by atoms with Crippen molar-refractivity contribution < 1.29 is 13.2 Å². The van der Waals surface area contributed by atoms with Crippen LogP contribution in [0.3, 0.4) is 0 Å². The van der Waals surface area contributed by atoms with Crippen molar-refractivity contribution in [2.75, 3.05) is 18.4 Å². The fraction of sp³-hybridized carbons (Fsp3) is 0.406. The van der Waals surface area contributed by atoms with E-state index in [-0.39, 0.29) is 5.69 Å². The van der Waals surface area contributed by atoms with Gasteiger partial charge < -0.3 is 5.32 Å². The molecule has 1 saturated heterocycles. The van der Waals surface area contributed by atoms with Crippen molar-refractivity contribution in [2.24, 2.45) is 5.92 Å². The van der Waals surface area contributed by atoms with Crippen LogP contribution < -0.4 is 5.32 Å². The fourth-order valence-electron chi connectivity index (χ4n) is 6.52. The molecule has 2 unspecified atom stereocenters. The second-order valence-corrected chi connectivity index (χ2v) is 11.5. The lowest BCUT2D eigenvalue weighted by Gasteiger charge is -2.43. The van der Waals surface area contributed by atoms with Crippen molar-refractivity contribution in [1.29, 1.82) is 0 Å². The van der Waals surface area contributed by atoms with Gasteiger partial charge in [-0.2, -0.15) is 13.2 Å². The molecule has 2 atom stereocenters. The topological polar surface area (TPSA) is 53.9 Å². The number of rotatable bonds is 7. The van der Waals surface area contributed by atoms with E-state index in [1.165, 1.54) is 50.8 Å². The van der Waals surface area contributed by atoms with Gasteiger partial charge in [0.2, 0.25) is 0 Å². The quantitative estimate of drug-likeness (QED) is 0.239. The highest BCUT2D eigenvalue weighted by Gasteiger charge is 2.35. The van der Waals surface area contributed by atoms with Crippen LogP contribution in [0.2, 0.25) is 5.02 Å². The summed E-state index contributed by atoms with van der Waals surface area (Å²) >= 11 is 6.37. The van der Waals surface area contributed by atoms with Crippen LogP contribution in [0, 0.1) is 5.92 Å². The van der Waals surface area contributed by atoms with Crippen molar-refractivity contribution in [3.05, 3.63) is 82.8 Å². The minimum absolute atomic E-state index is 0.101. The molecule has 3 heterocycles. The van der Waals surface area contributed by atoms with E-state index < -0.39 is 11.7 Å². The van der Waals surface area contributed by atoms with Crippen LogP contribution >= 0.6 is 11.6 Å². The van der Waals surface area contributed by atoms with Crippen LogP contribution in [0.5, 0.6) is 0 Å². The van der Waals surface area contributed by atoms with E-state index >= 15 is 0 Å². The third-order valence-corrected chi connectivity index (χ3v) is 8.85. The Morgan fingerprint density at radius 2 is 1.78 bits per heavy atom. The van der Waals surface area contributed by atoms with Gasteiger partial charge >= 0.3 is 6.18 Å². The first-order valence-corrected chi connectivity index (χ1v) is 14.8. The predicted octanol–water partition coefficient (Wildman–Crippen LogP) is 8.17. The number of pyridine rings is 1. The van der Waals surface area contributed by atoms with Gasteiger partial charge in [0.25, 0.3) is 0 Å². The first-order valence-electron chi connectivity index (χ1n) is 14.4. The zero-order chi connectivity index (χ0) is 28.4. The Kier molecular flexibility index (Phi) is 8.13. The fourth-order valence-corrected chi connectivity index (χ4v) is 6.75. The van der Waals surface area contributed by atoms with Gasteiger partial charge in [0.1, 0.15) is 11.6 Å². The highest BCUT2D eigenvalue weighted by Crippen LogP contribution is 2.38. The van der Waals surface area contributed by atoms with E-state index in [2.05, 4.69) is 15.2 Å². The molecule has 5 nitrogen and oxygen atoms in total. The van der Waals surface area contributed by atoms with Gasteiger partial charge in [0.15, 0.2) is 0 Å². The number of halogens is 4. The zero-order valence-electron chi connectivity index (χ0n) is 22.8. The number of piperidine rings is 1. The predicted molar refractivity (Wildman–Crippen MR) is 157 cm³/mol. The molecule has 1 saturated carbocycles. The van der Waals surface area contributed by atoms with Crippen LogP contribution in [0.15, 0.2) is 60.8 Å². The summed E-state index contributed by atoms with van der Waals surface area (Å²) in [6, 6.07) is 15.8. The Labute approximate surface area is 243 Å². The second-order valence-electron chi connectivity index (χ2n) is 11.1.